The number of rotatable bonds is 5. The van der Waals surface area contributed by atoms with Crippen molar-refractivity contribution < 1.29 is 9.53 Å². The van der Waals surface area contributed by atoms with Gasteiger partial charge in [0.1, 0.15) is 5.75 Å². The van der Waals surface area contributed by atoms with Crippen molar-refractivity contribution in [3.05, 3.63) is 27.1 Å². The molecule has 1 amide bonds. The average molecular weight is 378 g/mol. The van der Waals surface area contributed by atoms with Crippen molar-refractivity contribution in [3.8, 4) is 5.75 Å². The number of amides is 1. The molecule has 0 heterocycles. The molecule has 0 atom stereocenters. The molecule has 0 aliphatic carbocycles. The molecule has 0 saturated heterocycles. The molecule has 0 fully saturated rings. The Hall–Kier alpha value is -0.880. The fraction of sp³-hybridized carbons (Fsp3) is 0.333. The van der Waals surface area contributed by atoms with Gasteiger partial charge >= 0.3 is 0 Å². The predicted octanol–water partition coefficient (Wildman–Crippen LogP) is 3.35. The minimum atomic E-state index is -0.290. The summed E-state index contributed by atoms with van der Waals surface area (Å²) in [6.07, 6.45) is 1.66. The van der Waals surface area contributed by atoms with Crippen LogP contribution in [0, 0.1) is 5.92 Å². The summed E-state index contributed by atoms with van der Waals surface area (Å²) in [7, 11) is 0. The van der Waals surface area contributed by atoms with Crippen LogP contribution in [0.15, 0.2) is 32.2 Å². The Balaban J connectivity index is 2.43. The van der Waals surface area contributed by atoms with Crippen LogP contribution in [0.5, 0.6) is 5.75 Å². The molecule has 0 bridgehead atoms. The average Bonchev–Trinajstić information content (AvgIpc) is 2.27. The lowest BCUT2D eigenvalue weighted by Crippen LogP contribution is -2.24. The Kier molecular flexibility index (Phi) is 6.35. The maximum Gasteiger partial charge on any atom is 0.277 e. The SMILES string of the molecule is CC(C)/C=N/NC(=O)COc1ccc(Br)cc1Br. The summed E-state index contributed by atoms with van der Waals surface area (Å²) in [4.78, 5) is 11.4. The Labute approximate surface area is 123 Å². The summed E-state index contributed by atoms with van der Waals surface area (Å²) in [5.41, 5.74) is 2.40. The van der Waals surface area contributed by atoms with Gasteiger partial charge in [0, 0.05) is 10.7 Å². The first-order valence-corrected chi connectivity index (χ1v) is 6.97. The molecule has 1 rings (SSSR count). The van der Waals surface area contributed by atoms with E-state index in [4.69, 9.17) is 4.74 Å². The van der Waals surface area contributed by atoms with Crippen LogP contribution in [0.2, 0.25) is 0 Å². The predicted molar refractivity (Wildman–Crippen MR) is 78.8 cm³/mol. The summed E-state index contributed by atoms with van der Waals surface area (Å²) in [6, 6.07) is 5.47. The number of hydrazone groups is 1. The Bertz CT molecular complexity index is 448. The van der Waals surface area contributed by atoms with E-state index in [1.54, 1.807) is 12.3 Å². The zero-order valence-corrected chi connectivity index (χ0v) is 13.3. The fourth-order valence-electron chi connectivity index (χ4n) is 1.03. The molecule has 4 nitrogen and oxygen atoms in total. The van der Waals surface area contributed by atoms with E-state index in [-0.39, 0.29) is 12.5 Å². The normalized spacial score (nSPS) is 10.9. The first-order valence-electron chi connectivity index (χ1n) is 5.39. The van der Waals surface area contributed by atoms with Crippen molar-refractivity contribution in [1.82, 2.24) is 5.43 Å². The summed E-state index contributed by atoms with van der Waals surface area (Å²) in [5, 5.41) is 3.80. The number of hydrogen-bond donors (Lipinski definition) is 1. The molecule has 1 aromatic rings. The van der Waals surface area contributed by atoms with E-state index in [1.165, 1.54) is 0 Å². The molecule has 0 aromatic heterocycles. The van der Waals surface area contributed by atoms with Crippen LogP contribution in [0.1, 0.15) is 13.8 Å². The minimum Gasteiger partial charge on any atom is -0.483 e. The van der Waals surface area contributed by atoms with Gasteiger partial charge in [-0.1, -0.05) is 29.8 Å². The lowest BCUT2D eigenvalue weighted by molar-refractivity contribution is -0.123. The highest BCUT2D eigenvalue weighted by Gasteiger charge is 2.05. The van der Waals surface area contributed by atoms with Gasteiger partial charge in [0.15, 0.2) is 6.61 Å². The van der Waals surface area contributed by atoms with Crippen molar-refractivity contribution in [2.24, 2.45) is 11.0 Å². The van der Waals surface area contributed by atoms with Crippen LogP contribution in [0.4, 0.5) is 0 Å². The monoisotopic (exact) mass is 376 g/mol. The number of ether oxygens (including phenoxy) is 1. The van der Waals surface area contributed by atoms with Gasteiger partial charge in [-0.05, 0) is 40.0 Å². The number of carbonyl (C=O) groups excluding carboxylic acids is 1. The van der Waals surface area contributed by atoms with E-state index in [0.29, 0.717) is 11.7 Å². The molecule has 98 valence electrons. The van der Waals surface area contributed by atoms with E-state index in [2.05, 4.69) is 42.4 Å². The standard InChI is InChI=1S/C12H14Br2N2O2/c1-8(2)6-15-16-12(17)7-18-11-4-3-9(13)5-10(11)14/h3-6,8H,7H2,1-2H3,(H,16,17)/b15-6+. The topological polar surface area (TPSA) is 50.7 Å². The number of benzene rings is 1. The number of hydrogen-bond acceptors (Lipinski definition) is 3. The first-order chi connectivity index (χ1) is 8.49. The van der Waals surface area contributed by atoms with Crippen molar-refractivity contribution in [3.63, 3.8) is 0 Å². The van der Waals surface area contributed by atoms with Crippen molar-refractivity contribution >= 4 is 44.0 Å². The van der Waals surface area contributed by atoms with E-state index < -0.39 is 0 Å². The van der Waals surface area contributed by atoms with Gasteiger partial charge in [0.25, 0.3) is 5.91 Å². The second-order valence-corrected chi connectivity index (χ2v) is 5.69. The van der Waals surface area contributed by atoms with Crippen LogP contribution in [0.25, 0.3) is 0 Å². The highest BCUT2D eigenvalue weighted by atomic mass is 79.9. The van der Waals surface area contributed by atoms with E-state index in [0.717, 1.165) is 8.95 Å². The number of nitrogens with one attached hydrogen (secondary N) is 1. The second kappa shape index (κ2) is 7.53. The fourth-order valence-corrected chi connectivity index (χ4v) is 2.19. The van der Waals surface area contributed by atoms with Gasteiger partial charge in [-0.15, -0.1) is 0 Å². The highest BCUT2D eigenvalue weighted by Crippen LogP contribution is 2.27. The zero-order chi connectivity index (χ0) is 13.5. The molecule has 0 radical (unpaired) electrons. The number of carbonyl (C=O) groups is 1. The smallest absolute Gasteiger partial charge is 0.277 e. The van der Waals surface area contributed by atoms with Gasteiger partial charge in [-0.2, -0.15) is 5.10 Å². The lowest BCUT2D eigenvalue weighted by atomic mass is 10.3. The number of halogens is 2. The molecule has 1 N–H and O–H groups in total. The first kappa shape index (κ1) is 15.2. The second-order valence-electron chi connectivity index (χ2n) is 3.92. The molecule has 18 heavy (non-hydrogen) atoms. The molecule has 0 saturated carbocycles. The van der Waals surface area contributed by atoms with Gasteiger partial charge < -0.3 is 4.74 Å². The molecule has 0 aliphatic heterocycles. The van der Waals surface area contributed by atoms with Gasteiger partial charge in [-0.25, -0.2) is 5.43 Å². The van der Waals surface area contributed by atoms with E-state index >= 15 is 0 Å². The Morgan fingerprint density at radius 1 is 1.50 bits per heavy atom. The molecule has 6 heteroatoms. The van der Waals surface area contributed by atoms with E-state index in [9.17, 15) is 4.79 Å². The molecule has 0 unspecified atom stereocenters. The third-order valence-corrected chi connectivity index (χ3v) is 2.93. The Morgan fingerprint density at radius 2 is 2.22 bits per heavy atom. The third-order valence-electron chi connectivity index (χ3n) is 1.81. The largest absolute Gasteiger partial charge is 0.483 e. The zero-order valence-electron chi connectivity index (χ0n) is 10.1. The summed E-state index contributed by atoms with van der Waals surface area (Å²) >= 11 is 6.69. The van der Waals surface area contributed by atoms with Crippen LogP contribution in [0.3, 0.4) is 0 Å². The Morgan fingerprint density at radius 3 is 2.83 bits per heavy atom. The maximum atomic E-state index is 11.4. The van der Waals surface area contributed by atoms with Crippen molar-refractivity contribution in [2.75, 3.05) is 6.61 Å². The molecule has 0 spiro atoms. The highest BCUT2D eigenvalue weighted by molar-refractivity contribution is 9.11. The quantitative estimate of drug-likeness (QED) is 0.631. The van der Waals surface area contributed by atoms with Crippen LogP contribution in [-0.4, -0.2) is 18.7 Å². The summed E-state index contributed by atoms with van der Waals surface area (Å²) in [5.74, 6) is 0.620. The molecule has 0 aliphatic rings. The summed E-state index contributed by atoms with van der Waals surface area (Å²) in [6.45, 7) is 3.88. The third kappa shape index (κ3) is 5.64. The van der Waals surface area contributed by atoms with Gasteiger partial charge in [-0.3, -0.25) is 4.79 Å². The van der Waals surface area contributed by atoms with Crippen LogP contribution >= 0.6 is 31.9 Å². The maximum absolute atomic E-state index is 11.4. The summed E-state index contributed by atoms with van der Waals surface area (Å²) < 4.78 is 7.08. The van der Waals surface area contributed by atoms with Crippen LogP contribution in [-0.2, 0) is 4.79 Å². The van der Waals surface area contributed by atoms with E-state index in [1.807, 2.05) is 26.0 Å². The number of nitrogens with zero attached hydrogens (tertiary/aromatic N) is 1. The van der Waals surface area contributed by atoms with Gasteiger partial charge in [0.2, 0.25) is 0 Å². The minimum absolute atomic E-state index is 0.0737. The van der Waals surface area contributed by atoms with Crippen molar-refractivity contribution in [1.29, 1.82) is 0 Å². The van der Waals surface area contributed by atoms with Crippen LogP contribution < -0.4 is 10.2 Å². The van der Waals surface area contributed by atoms with Crippen molar-refractivity contribution in [2.45, 2.75) is 13.8 Å². The molecule has 1 aromatic carbocycles. The van der Waals surface area contributed by atoms with Gasteiger partial charge in [0.05, 0.1) is 4.47 Å². The lowest BCUT2D eigenvalue weighted by Gasteiger charge is -2.07. The molecular formula is C12H14Br2N2O2. The molecular weight excluding hydrogens is 364 g/mol.